The lowest BCUT2D eigenvalue weighted by atomic mass is 9.83. The standard InChI is InChI=1S/C12H14BBrF3NO2/c1-10(2)11(3,4)20-13(19-10)9-8(14)7(5-6-18-9)12(15,16)17/h5-6H,1-4H3. The maximum atomic E-state index is 12.9. The second-order valence-corrected chi connectivity index (χ2v) is 6.44. The van der Waals surface area contributed by atoms with Gasteiger partial charge in [-0.2, -0.15) is 13.2 Å². The molecule has 0 amide bonds. The van der Waals surface area contributed by atoms with Gasteiger partial charge in [0.15, 0.2) is 0 Å². The third-order valence-corrected chi connectivity index (χ3v) is 4.53. The van der Waals surface area contributed by atoms with E-state index in [-0.39, 0.29) is 10.1 Å². The van der Waals surface area contributed by atoms with Crippen molar-refractivity contribution in [3.05, 3.63) is 22.3 Å². The van der Waals surface area contributed by atoms with Gasteiger partial charge < -0.3 is 9.31 Å². The van der Waals surface area contributed by atoms with Gasteiger partial charge in [0.1, 0.15) is 0 Å². The Balaban J connectivity index is 2.42. The Morgan fingerprint density at radius 3 is 2.10 bits per heavy atom. The van der Waals surface area contributed by atoms with Crippen LogP contribution in [0.4, 0.5) is 13.2 Å². The normalized spacial score (nSPS) is 21.3. The summed E-state index contributed by atoms with van der Waals surface area (Å²) >= 11 is 2.96. The molecule has 1 saturated heterocycles. The van der Waals surface area contributed by atoms with Crippen LogP contribution in [-0.2, 0) is 15.5 Å². The Bertz CT molecular complexity index is 518. The number of nitrogens with zero attached hydrogens (tertiary/aromatic N) is 1. The summed E-state index contributed by atoms with van der Waals surface area (Å²) in [7, 11) is -0.934. The molecule has 1 fully saturated rings. The number of aromatic nitrogens is 1. The first-order chi connectivity index (χ1) is 8.96. The summed E-state index contributed by atoms with van der Waals surface area (Å²) in [6, 6.07) is 0.915. The predicted molar refractivity (Wildman–Crippen MR) is 72.7 cm³/mol. The van der Waals surface area contributed by atoms with Gasteiger partial charge in [0.05, 0.1) is 22.4 Å². The number of pyridine rings is 1. The molecule has 0 aliphatic carbocycles. The fraction of sp³-hybridized carbons (Fsp3) is 0.583. The molecule has 0 spiro atoms. The summed E-state index contributed by atoms with van der Waals surface area (Å²) < 4.78 is 49.9. The van der Waals surface area contributed by atoms with Crippen molar-refractivity contribution in [1.29, 1.82) is 0 Å². The Labute approximate surface area is 124 Å². The summed E-state index contributed by atoms with van der Waals surface area (Å²) in [5.74, 6) is 0. The zero-order valence-electron chi connectivity index (χ0n) is 11.5. The molecule has 0 atom stereocenters. The van der Waals surface area contributed by atoms with E-state index in [0.29, 0.717) is 0 Å². The topological polar surface area (TPSA) is 31.4 Å². The molecule has 1 aliphatic rings. The highest BCUT2D eigenvalue weighted by Gasteiger charge is 2.53. The van der Waals surface area contributed by atoms with Gasteiger partial charge in [-0.1, -0.05) is 0 Å². The highest BCUT2D eigenvalue weighted by molar-refractivity contribution is 9.10. The van der Waals surface area contributed by atoms with Crippen molar-refractivity contribution in [1.82, 2.24) is 4.98 Å². The maximum Gasteiger partial charge on any atom is 0.515 e. The van der Waals surface area contributed by atoms with Crippen LogP contribution in [0.1, 0.15) is 33.3 Å². The number of halogens is 4. The lowest BCUT2D eigenvalue weighted by Gasteiger charge is -2.32. The van der Waals surface area contributed by atoms with E-state index < -0.39 is 30.1 Å². The molecule has 1 aromatic rings. The lowest BCUT2D eigenvalue weighted by molar-refractivity contribution is -0.138. The molecule has 2 rings (SSSR count). The van der Waals surface area contributed by atoms with Gasteiger partial charge >= 0.3 is 13.3 Å². The lowest BCUT2D eigenvalue weighted by Crippen LogP contribution is -2.41. The smallest absolute Gasteiger partial charge is 0.398 e. The van der Waals surface area contributed by atoms with Gasteiger partial charge in [0.2, 0.25) is 0 Å². The van der Waals surface area contributed by atoms with Crippen LogP contribution in [0.3, 0.4) is 0 Å². The van der Waals surface area contributed by atoms with E-state index in [1.807, 2.05) is 27.7 Å². The summed E-state index contributed by atoms with van der Waals surface area (Å²) in [6.07, 6.45) is -3.35. The molecule has 0 N–H and O–H groups in total. The Morgan fingerprint density at radius 1 is 1.15 bits per heavy atom. The minimum atomic E-state index is -4.46. The highest BCUT2D eigenvalue weighted by Crippen LogP contribution is 2.38. The Kier molecular flexibility index (Phi) is 3.72. The second kappa shape index (κ2) is 4.71. The number of alkyl halides is 3. The molecular formula is C12H14BBrF3NO2. The molecule has 1 aliphatic heterocycles. The van der Waals surface area contributed by atoms with Gasteiger partial charge in [-0.3, -0.25) is 4.98 Å². The van der Waals surface area contributed by atoms with E-state index in [2.05, 4.69) is 20.9 Å². The first-order valence-corrected chi connectivity index (χ1v) is 6.82. The molecule has 0 saturated carbocycles. The summed E-state index contributed by atoms with van der Waals surface area (Å²) in [6.45, 7) is 7.31. The van der Waals surface area contributed by atoms with Crippen LogP contribution < -0.4 is 5.59 Å². The molecule has 8 heteroatoms. The predicted octanol–water partition coefficient (Wildman–Crippen LogP) is 3.16. The third-order valence-electron chi connectivity index (χ3n) is 3.70. The average molecular weight is 352 g/mol. The Morgan fingerprint density at radius 2 is 1.65 bits per heavy atom. The quantitative estimate of drug-likeness (QED) is 0.728. The largest absolute Gasteiger partial charge is 0.515 e. The molecule has 0 aromatic carbocycles. The van der Waals surface area contributed by atoms with E-state index in [1.54, 1.807) is 0 Å². The molecular weight excluding hydrogens is 338 g/mol. The first-order valence-electron chi connectivity index (χ1n) is 6.03. The van der Waals surface area contributed by atoms with Crippen LogP contribution >= 0.6 is 15.9 Å². The van der Waals surface area contributed by atoms with Gasteiger partial charge in [0, 0.05) is 10.7 Å². The number of hydrogen-bond donors (Lipinski definition) is 0. The zero-order valence-corrected chi connectivity index (χ0v) is 13.1. The minimum Gasteiger partial charge on any atom is -0.398 e. The molecule has 20 heavy (non-hydrogen) atoms. The van der Waals surface area contributed by atoms with E-state index >= 15 is 0 Å². The van der Waals surface area contributed by atoms with Crippen molar-refractivity contribution in [3.8, 4) is 0 Å². The fourth-order valence-electron chi connectivity index (χ4n) is 1.80. The van der Waals surface area contributed by atoms with Crippen molar-refractivity contribution >= 4 is 28.6 Å². The summed E-state index contributed by atoms with van der Waals surface area (Å²) in [5.41, 5.74) is -1.96. The van der Waals surface area contributed by atoms with Gasteiger partial charge in [-0.15, -0.1) is 0 Å². The van der Waals surface area contributed by atoms with Crippen LogP contribution in [0.5, 0.6) is 0 Å². The van der Waals surface area contributed by atoms with Gasteiger partial charge in [-0.25, -0.2) is 0 Å². The van der Waals surface area contributed by atoms with Crippen molar-refractivity contribution in [3.63, 3.8) is 0 Å². The van der Waals surface area contributed by atoms with Crippen molar-refractivity contribution < 1.29 is 22.5 Å². The molecule has 0 unspecified atom stereocenters. The SMILES string of the molecule is CC1(C)OB(c2nccc(C(F)(F)F)c2Br)OC1(C)C. The van der Waals surface area contributed by atoms with Crippen molar-refractivity contribution in [2.24, 2.45) is 0 Å². The average Bonchev–Trinajstić information content (AvgIpc) is 2.46. The molecule has 110 valence electrons. The summed E-state index contributed by atoms with van der Waals surface area (Å²) in [5, 5.41) is 0. The van der Waals surface area contributed by atoms with Crippen molar-refractivity contribution in [2.45, 2.75) is 45.1 Å². The van der Waals surface area contributed by atoms with E-state index in [4.69, 9.17) is 9.31 Å². The highest BCUT2D eigenvalue weighted by atomic mass is 79.9. The van der Waals surface area contributed by atoms with E-state index in [9.17, 15) is 13.2 Å². The molecule has 3 nitrogen and oxygen atoms in total. The zero-order chi connectivity index (χ0) is 15.3. The number of hydrogen-bond acceptors (Lipinski definition) is 3. The second-order valence-electron chi connectivity index (χ2n) is 5.64. The molecule has 0 radical (unpaired) electrons. The monoisotopic (exact) mass is 351 g/mol. The van der Waals surface area contributed by atoms with Crippen LogP contribution in [0.2, 0.25) is 0 Å². The number of rotatable bonds is 1. The molecule has 0 bridgehead atoms. The maximum absolute atomic E-state index is 12.9. The summed E-state index contributed by atoms with van der Waals surface area (Å²) in [4.78, 5) is 3.97. The molecule has 1 aromatic heterocycles. The van der Waals surface area contributed by atoms with Crippen LogP contribution in [0.15, 0.2) is 16.7 Å². The molecule has 2 heterocycles. The van der Waals surface area contributed by atoms with Gasteiger partial charge in [-0.05, 0) is 49.7 Å². The van der Waals surface area contributed by atoms with Crippen LogP contribution in [0.25, 0.3) is 0 Å². The van der Waals surface area contributed by atoms with E-state index in [0.717, 1.165) is 12.3 Å². The third kappa shape index (κ3) is 2.60. The first kappa shape index (κ1) is 15.8. The van der Waals surface area contributed by atoms with Crippen LogP contribution in [0, 0.1) is 0 Å². The minimum absolute atomic E-state index is 0.0958. The van der Waals surface area contributed by atoms with E-state index in [1.165, 1.54) is 0 Å². The van der Waals surface area contributed by atoms with Crippen LogP contribution in [-0.4, -0.2) is 23.3 Å². The van der Waals surface area contributed by atoms with Crippen molar-refractivity contribution in [2.75, 3.05) is 0 Å². The van der Waals surface area contributed by atoms with Gasteiger partial charge in [0.25, 0.3) is 0 Å². The fourth-order valence-corrected chi connectivity index (χ4v) is 2.44. The Hall–Kier alpha value is -0.595.